The molecule has 2 aromatic rings. The van der Waals surface area contributed by atoms with Gasteiger partial charge in [-0.15, -0.1) is 0 Å². The number of ether oxygens (including phenoxy) is 1. The summed E-state index contributed by atoms with van der Waals surface area (Å²) in [5.74, 6) is 0.255. The molecule has 7 heteroatoms. The zero-order valence-corrected chi connectivity index (χ0v) is 13.6. The third kappa shape index (κ3) is 3.03. The first-order chi connectivity index (χ1) is 11.8. The highest BCUT2D eigenvalue weighted by atomic mass is 16.5. The first-order valence-electron chi connectivity index (χ1n) is 8.49. The summed E-state index contributed by atoms with van der Waals surface area (Å²) in [6.45, 7) is 2.50. The van der Waals surface area contributed by atoms with Crippen LogP contribution in [0.3, 0.4) is 0 Å². The van der Waals surface area contributed by atoms with E-state index in [1.807, 2.05) is 11.0 Å². The van der Waals surface area contributed by atoms with Gasteiger partial charge in [0.2, 0.25) is 0 Å². The fourth-order valence-electron chi connectivity index (χ4n) is 3.57. The first-order valence-corrected chi connectivity index (χ1v) is 8.49. The second-order valence-electron chi connectivity index (χ2n) is 6.48. The summed E-state index contributed by atoms with van der Waals surface area (Å²) < 4.78 is 5.70. The summed E-state index contributed by atoms with van der Waals surface area (Å²) in [6, 6.07) is 1.91. The number of carbonyl (C=O) groups is 1. The molecule has 126 valence electrons. The largest absolute Gasteiger partial charge is 0.379 e. The summed E-state index contributed by atoms with van der Waals surface area (Å²) >= 11 is 0. The van der Waals surface area contributed by atoms with Crippen molar-refractivity contribution in [1.29, 1.82) is 0 Å². The molecule has 1 atom stereocenters. The summed E-state index contributed by atoms with van der Waals surface area (Å²) in [4.78, 5) is 23.0. The normalized spacial score (nSPS) is 20.7. The Morgan fingerprint density at radius 3 is 3.25 bits per heavy atom. The van der Waals surface area contributed by atoms with Gasteiger partial charge in [-0.1, -0.05) is 0 Å². The van der Waals surface area contributed by atoms with Crippen LogP contribution in [0.15, 0.2) is 18.6 Å². The smallest absolute Gasteiger partial charge is 0.274 e. The van der Waals surface area contributed by atoms with Crippen LogP contribution < -0.4 is 0 Å². The highest BCUT2D eigenvalue weighted by molar-refractivity contribution is 5.94. The lowest BCUT2D eigenvalue weighted by molar-refractivity contribution is 0.0730. The van der Waals surface area contributed by atoms with Crippen molar-refractivity contribution in [3.05, 3.63) is 41.2 Å². The molecule has 2 aliphatic rings. The molecule has 7 nitrogen and oxygen atoms in total. The number of rotatable bonds is 3. The third-order valence-electron chi connectivity index (χ3n) is 4.77. The second-order valence-corrected chi connectivity index (χ2v) is 6.48. The summed E-state index contributed by atoms with van der Waals surface area (Å²) in [6.07, 6.45) is 7.13. The van der Waals surface area contributed by atoms with Crippen LogP contribution in [-0.4, -0.2) is 57.3 Å². The average molecular weight is 327 g/mol. The van der Waals surface area contributed by atoms with Crippen molar-refractivity contribution in [2.24, 2.45) is 5.92 Å². The van der Waals surface area contributed by atoms with Crippen LogP contribution in [-0.2, 0) is 24.0 Å². The molecule has 1 aliphatic carbocycles. The molecular formula is C17H21N5O2. The monoisotopic (exact) mass is 327 g/mol. The van der Waals surface area contributed by atoms with Crippen LogP contribution in [0.2, 0.25) is 0 Å². The number of hydrogen-bond acceptors (Lipinski definition) is 5. The zero-order chi connectivity index (χ0) is 16.4. The maximum atomic E-state index is 12.9. The lowest BCUT2D eigenvalue weighted by Gasteiger charge is -2.23. The van der Waals surface area contributed by atoms with Crippen molar-refractivity contribution >= 4 is 5.91 Å². The number of nitrogens with zero attached hydrogens (tertiary/aromatic N) is 4. The number of amides is 1. The van der Waals surface area contributed by atoms with E-state index in [0.717, 1.165) is 42.6 Å². The minimum Gasteiger partial charge on any atom is -0.379 e. The van der Waals surface area contributed by atoms with E-state index in [1.54, 1.807) is 12.5 Å². The van der Waals surface area contributed by atoms with Gasteiger partial charge in [0.15, 0.2) is 5.69 Å². The molecule has 0 radical (unpaired) electrons. The third-order valence-corrected chi connectivity index (χ3v) is 4.77. The van der Waals surface area contributed by atoms with Crippen molar-refractivity contribution in [2.45, 2.75) is 25.7 Å². The summed E-state index contributed by atoms with van der Waals surface area (Å²) in [7, 11) is 0. The van der Waals surface area contributed by atoms with Gasteiger partial charge in [-0.2, -0.15) is 5.10 Å². The number of aromatic amines is 1. The Morgan fingerprint density at radius 2 is 2.38 bits per heavy atom. The molecule has 0 aromatic carbocycles. The quantitative estimate of drug-likeness (QED) is 0.910. The van der Waals surface area contributed by atoms with Gasteiger partial charge in [0.05, 0.1) is 13.2 Å². The molecule has 1 N–H and O–H groups in total. The molecule has 3 heterocycles. The van der Waals surface area contributed by atoms with Crippen LogP contribution in [0, 0.1) is 5.92 Å². The molecule has 24 heavy (non-hydrogen) atoms. The van der Waals surface area contributed by atoms with E-state index < -0.39 is 0 Å². The summed E-state index contributed by atoms with van der Waals surface area (Å²) in [5, 5.41) is 7.30. The molecule has 1 saturated heterocycles. The molecule has 2 aromatic heterocycles. The van der Waals surface area contributed by atoms with Gasteiger partial charge < -0.3 is 9.64 Å². The van der Waals surface area contributed by atoms with E-state index in [2.05, 4.69) is 20.2 Å². The van der Waals surface area contributed by atoms with Gasteiger partial charge in [0.1, 0.15) is 6.33 Å². The molecule has 0 spiro atoms. The second kappa shape index (κ2) is 6.68. The maximum absolute atomic E-state index is 12.9. The van der Waals surface area contributed by atoms with Gasteiger partial charge in [-0.25, -0.2) is 9.97 Å². The Hall–Kier alpha value is -2.28. The molecule has 1 fully saturated rings. The number of carbonyl (C=O) groups excluding carboxylic acids is 1. The molecule has 1 aliphatic heterocycles. The predicted molar refractivity (Wildman–Crippen MR) is 86.6 cm³/mol. The highest BCUT2D eigenvalue weighted by Gasteiger charge is 2.29. The average Bonchev–Trinajstić information content (AvgIpc) is 3.14. The van der Waals surface area contributed by atoms with Crippen LogP contribution in [0.4, 0.5) is 0 Å². The minimum absolute atomic E-state index is 0.0209. The molecule has 1 amide bonds. The number of nitrogens with one attached hydrogen (secondary N) is 1. The Labute approximate surface area is 140 Å². The number of fused-ring (bicyclic) bond motifs is 1. The van der Waals surface area contributed by atoms with Gasteiger partial charge >= 0.3 is 0 Å². The fraction of sp³-hybridized carbons (Fsp3) is 0.529. The first kappa shape index (κ1) is 15.3. The van der Waals surface area contributed by atoms with Gasteiger partial charge in [0, 0.05) is 42.2 Å². The van der Waals surface area contributed by atoms with Crippen molar-refractivity contribution < 1.29 is 9.53 Å². The van der Waals surface area contributed by atoms with Gasteiger partial charge in [0.25, 0.3) is 5.91 Å². The molecule has 0 saturated carbocycles. The van der Waals surface area contributed by atoms with E-state index in [-0.39, 0.29) is 11.8 Å². The van der Waals surface area contributed by atoms with Crippen LogP contribution in [0.1, 0.15) is 33.9 Å². The number of hydrogen-bond donors (Lipinski definition) is 1. The standard InChI is InChI=1S/C17H21N5O2/c23-17(16-14-2-1-3-15(14)20-21-16)22-6-7-24-10-12(9-22)8-13-4-5-18-11-19-13/h4-5,11-12H,1-3,6-10H2,(H,20,21). The SMILES string of the molecule is O=C(c1n[nH]c2c1CCC2)N1CCOCC(Cc2ccncn2)C1. The molecule has 4 rings (SSSR count). The Balaban J connectivity index is 1.48. The molecule has 1 unspecified atom stereocenters. The zero-order valence-electron chi connectivity index (χ0n) is 13.6. The van der Waals surface area contributed by atoms with E-state index in [1.165, 1.54) is 0 Å². The molecule has 0 bridgehead atoms. The number of aryl methyl sites for hydroxylation is 1. The lowest BCUT2D eigenvalue weighted by atomic mass is 10.0. The van der Waals surface area contributed by atoms with E-state index in [4.69, 9.17) is 4.74 Å². The van der Waals surface area contributed by atoms with Crippen molar-refractivity contribution in [3.8, 4) is 0 Å². The van der Waals surface area contributed by atoms with Crippen molar-refractivity contribution in [3.63, 3.8) is 0 Å². The lowest BCUT2D eigenvalue weighted by Crippen LogP contribution is -2.37. The highest BCUT2D eigenvalue weighted by Crippen LogP contribution is 2.24. The number of H-pyrrole nitrogens is 1. The van der Waals surface area contributed by atoms with Gasteiger partial charge in [-0.3, -0.25) is 9.89 Å². The topological polar surface area (TPSA) is 84.0 Å². The van der Waals surface area contributed by atoms with Crippen LogP contribution >= 0.6 is 0 Å². The molecular weight excluding hydrogens is 306 g/mol. The fourth-order valence-corrected chi connectivity index (χ4v) is 3.57. The van der Waals surface area contributed by atoms with Crippen LogP contribution in [0.25, 0.3) is 0 Å². The Bertz CT molecular complexity index is 715. The van der Waals surface area contributed by atoms with Gasteiger partial charge in [-0.05, 0) is 31.7 Å². The minimum atomic E-state index is 0.0209. The van der Waals surface area contributed by atoms with Crippen molar-refractivity contribution in [1.82, 2.24) is 25.1 Å². The number of aromatic nitrogens is 4. The maximum Gasteiger partial charge on any atom is 0.274 e. The summed E-state index contributed by atoms with van der Waals surface area (Å²) in [5.41, 5.74) is 3.82. The van der Waals surface area contributed by atoms with E-state index in [0.29, 0.717) is 32.0 Å². The Kier molecular flexibility index (Phi) is 4.25. The van der Waals surface area contributed by atoms with Crippen LogP contribution in [0.5, 0.6) is 0 Å². The predicted octanol–water partition coefficient (Wildman–Crippen LogP) is 1.02. The van der Waals surface area contributed by atoms with E-state index >= 15 is 0 Å². The van der Waals surface area contributed by atoms with Crippen molar-refractivity contribution in [2.75, 3.05) is 26.3 Å². The van der Waals surface area contributed by atoms with E-state index in [9.17, 15) is 4.79 Å². The Morgan fingerprint density at radius 1 is 1.42 bits per heavy atom.